The molecule has 0 aliphatic carbocycles. The van der Waals surface area contributed by atoms with Gasteiger partial charge in [0.2, 0.25) is 0 Å². The monoisotopic (exact) mass is 1060 g/mol. The third-order valence-electron chi connectivity index (χ3n) is 12.4. The first-order valence-corrected chi connectivity index (χ1v) is 24.5. The van der Waals surface area contributed by atoms with Crippen molar-refractivity contribution in [2.75, 3.05) is 216 Å². The maximum Gasteiger partial charge on any atom is 0.317 e. The summed E-state index contributed by atoms with van der Waals surface area (Å²) in [4.78, 5) is 86.0. The van der Waals surface area contributed by atoms with Gasteiger partial charge in [-0.3, -0.25) is 72.9 Å². The number of carboxylic acid groups (broad SMARTS) is 6. The van der Waals surface area contributed by atoms with Crippen LogP contribution in [-0.4, -0.2) is 382 Å². The molecule has 2 fully saturated rings. The largest absolute Gasteiger partial charge is 0.480 e. The van der Waals surface area contributed by atoms with Gasteiger partial charge in [-0.05, 0) is 0 Å². The predicted molar refractivity (Wildman–Crippen MR) is 257 cm³/mol. The van der Waals surface area contributed by atoms with Crippen LogP contribution in [0.25, 0.3) is 0 Å². The van der Waals surface area contributed by atoms with Crippen LogP contribution in [0, 0.1) is 5.92 Å². The highest BCUT2D eigenvalue weighted by molar-refractivity contribution is 5.70. The van der Waals surface area contributed by atoms with E-state index in [0.717, 1.165) is 0 Å². The lowest BCUT2D eigenvalue weighted by molar-refractivity contribution is -0.140. The number of aliphatic hydroxyl groups is 6. The summed E-state index contributed by atoms with van der Waals surface area (Å²) in [5, 5.41) is 121. The number of hydrogen-bond donors (Lipinski definition) is 12. The second kappa shape index (κ2) is 37.0. The van der Waals surface area contributed by atoms with E-state index in [-0.39, 0.29) is 190 Å². The van der Waals surface area contributed by atoms with Crippen molar-refractivity contribution in [1.29, 1.82) is 0 Å². The molecule has 2 aliphatic heterocycles. The van der Waals surface area contributed by atoms with Gasteiger partial charge < -0.3 is 70.8 Å². The summed E-state index contributed by atoms with van der Waals surface area (Å²) in [5.74, 6) is -7.21. The van der Waals surface area contributed by atoms with Gasteiger partial charge in [0.1, 0.15) is 12.2 Å². The number of ether oxygens (including phenoxy) is 2. The average Bonchev–Trinajstić information content (AvgIpc) is 3.30. The molecule has 2 atom stereocenters. The zero-order valence-electron chi connectivity index (χ0n) is 41.9. The smallest absolute Gasteiger partial charge is 0.317 e. The molecule has 0 spiro atoms. The summed E-state index contributed by atoms with van der Waals surface area (Å²) >= 11 is 0. The highest BCUT2D eigenvalue weighted by atomic mass is 16.5. The fraction of sp³-hybridized carbons (Fsp3) is 0.864. The van der Waals surface area contributed by atoms with Gasteiger partial charge in [-0.15, -0.1) is 0 Å². The lowest BCUT2D eigenvalue weighted by Gasteiger charge is -2.36. The Morgan fingerprint density at radius 2 is 0.562 bits per heavy atom. The van der Waals surface area contributed by atoms with E-state index in [0.29, 0.717) is 0 Å². The lowest BCUT2D eigenvalue weighted by atomic mass is 10.1. The molecule has 0 radical (unpaired) electrons. The third-order valence-corrected chi connectivity index (χ3v) is 12.4. The van der Waals surface area contributed by atoms with Gasteiger partial charge in [-0.2, -0.15) is 0 Å². The number of carboxylic acids is 6. The number of rotatable bonds is 32. The van der Waals surface area contributed by atoms with E-state index in [9.17, 15) is 90.0 Å². The molecule has 12 N–H and O–H groups in total. The summed E-state index contributed by atoms with van der Waals surface area (Å²) in [6.07, 6.45) is -4.28. The molecule has 0 aromatic heterocycles. The zero-order valence-corrected chi connectivity index (χ0v) is 41.9. The van der Waals surface area contributed by atoms with Gasteiger partial charge in [0, 0.05) is 143 Å². The first kappa shape index (κ1) is 65.3. The Balaban J connectivity index is 2.49. The standard InChI is InChI=1S/C44H83N9O20/c54-28-37(29-55)72-32-34(33-73-38(30-56)31-57)17-53(20-35(58)18-45-1-5-47(22-39(60)61)9-13-51(26-43(68)69)14-10-48(6-2-45)23-40(62)63)21-36(59)19-46-3-7-49(24-41(64)65)11-15-52(27-44(70)71)16-12-50(8-4-46)25-42(66)67/h34-38,54-59H,1-33H2,(H,60,61)(H,62,63)(H,64,65)(H,66,67)(H,68,69)(H,70,71). The molecule has 2 rings (SSSR count). The van der Waals surface area contributed by atoms with Crippen molar-refractivity contribution >= 4 is 35.8 Å². The first-order chi connectivity index (χ1) is 34.7. The first-order valence-electron chi connectivity index (χ1n) is 24.5. The number of aliphatic carboxylic acids is 6. The van der Waals surface area contributed by atoms with Gasteiger partial charge >= 0.3 is 35.8 Å². The van der Waals surface area contributed by atoms with Gasteiger partial charge in [0.05, 0.1) is 91.1 Å². The summed E-state index contributed by atoms with van der Waals surface area (Å²) in [5.41, 5.74) is 0. The number of β-amino-alcohol motifs (C(OH)–C–C–N with tert-alkyl or cyclic N) is 2. The van der Waals surface area contributed by atoms with Crippen LogP contribution in [0.5, 0.6) is 0 Å². The van der Waals surface area contributed by atoms with Crippen LogP contribution in [0.4, 0.5) is 0 Å². The molecule has 2 unspecified atom stereocenters. The van der Waals surface area contributed by atoms with E-state index in [4.69, 9.17) is 9.47 Å². The number of carbonyl (C=O) groups is 6. The van der Waals surface area contributed by atoms with E-state index in [1.165, 1.54) is 0 Å². The van der Waals surface area contributed by atoms with Gasteiger partial charge in [0.15, 0.2) is 0 Å². The maximum atomic E-state index is 11.9. The molecule has 0 aromatic rings. The van der Waals surface area contributed by atoms with Crippen molar-refractivity contribution in [2.24, 2.45) is 5.92 Å². The predicted octanol–water partition coefficient (Wildman–Crippen LogP) is -7.68. The van der Waals surface area contributed by atoms with Crippen molar-refractivity contribution in [2.45, 2.75) is 24.4 Å². The molecule has 29 nitrogen and oxygen atoms in total. The second-order valence-electron chi connectivity index (χ2n) is 18.7. The van der Waals surface area contributed by atoms with Crippen molar-refractivity contribution in [3.8, 4) is 0 Å². The summed E-state index contributed by atoms with van der Waals surface area (Å²) in [7, 11) is 0. The van der Waals surface area contributed by atoms with E-state index >= 15 is 0 Å². The van der Waals surface area contributed by atoms with E-state index in [1.54, 1.807) is 34.3 Å². The molecule has 2 saturated heterocycles. The van der Waals surface area contributed by atoms with Crippen LogP contribution in [-0.2, 0) is 38.2 Å². The highest BCUT2D eigenvalue weighted by Gasteiger charge is 2.28. The molecule has 73 heavy (non-hydrogen) atoms. The van der Waals surface area contributed by atoms with Crippen molar-refractivity contribution < 1.29 is 99.5 Å². The van der Waals surface area contributed by atoms with Crippen LogP contribution < -0.4 is 0 Å². The molecule has 0 aromatic carbocycles. The van der Waals surface area contributed by atoms with E-state index in [1.807, 2.05) is 9.80 Å². The SMILES string of the molecule is O=C(O)CN1CCN(CC(=O)O)CCN(CC(O)CN(CC(O)CN2CCN(CC(=O)O)CCN(CC(=O)O)CCN(CC(=O)O)CC2)CC(COC(CO)CO)COC(CO)CO)CCN(CC(=O)O)CC1. The second-order valence-corrected chi connectivity index (χ2v) is 18.7. The Morgan fingerprint density at radius 1 is 0.356 bits per heavy atom. The molecule has 29 heteroatoms. The summed E-state index contributed by atoms with van der Waals surface area (Å²) in [6.45, 7) is -1.45. The fourth-order valence-corrected chi connectivity index (χ4v) is 8.54. The lowest BCUT2D eigenvalue weighted by Crippen LogP contribution is -2.52. The zero-order chi connectivity index (χ0) is 54.3. The van der Waals surface area contributed by atoms with Crippen LogP contribution in [0.1, 0.15) is 0 Å². The Bertz CT molecular complexity index is 1430. The quantitative estimate of drug-likeness (QED) is 0.0298. The molecule has 2 aliphatic rings. The normalized spacial score (nSPS) is 19.3. The molecule has 2 heterocycles. The highest BCUT2D eigenvalue weighted by Crippen LogP contribution is 2.12. The Kier molecular flexibility index (Phi) is 33.1. The number of aliphatic hydroxyl groups excluding tert-OH is 6. The average molecular weight is 1060 g/mol. The topological polar surface area (TPSA) is 393 Å². The number of nitrogens with zero attached hydrogens (tertiary/aromatic N) is 9. The van der Waals surface area contributed by atoms with Crippen molar-refractivity contribution in [1.82, 2.24) is 44.1 Å². The van der Waals surface area contributed by atoms with Gasteiger partial charge in [-0.1, -0.05) is 0 Å². The third kappa shape index (κ3) is 30.9. The Labute approximate surface area is 425 Å². The van der Waals surface area contributed by atoms with E-state index < -0.39 is 92.6 Å². The van der Waals surface area contributed by atoms with Gasteiger partial charge in [-0.25, -0.2) is 0 Å². The van der Waals surface area contributed by atoms with Crippen molar-refractivity contribution in [3.05, 3.63) is 0 Å². The fourth-order valence-electron chi connectivity index (χ4n) is 8.54. The number of hydrogen-bond acceptors (Lipinski definition) is 23. The molecular formula is C44H83N9O20. The van der Waals surface area contributed by atoms with Crippen molar-refractivity contribution in [3.63, 3.8) is 0 Å². The molecule has 0 bridgehead atoms. The van der Waals surface area contributed by atoms with Crippen LogP contribution in [0.3, 0.4) is 0 Å². The van der Waals surface area contributed by atoms with Gasteiger partial charge in [0.25, 0.3) is 0 Å². The maximum absolute atomic E-state index is 11.9. The Hall–Kier alpha value is -3.86. The Morgan fingerprint density at radius 3 is 0.753 bits per heavy atom. The molecule has 424 valence electrons. The minimum Gasteiger partial charge on any atom is -0.480 e. The van der Waals surface area contributed by atoms with E-state index in [2.05, 4.69) is 0 Å². The summed E-state index contributed by atoms with van der Waals surface area (Å²) in [6, 6.07) is 0. The minimum absolute atomic E-state index is 0.0136. The van der Waals surface area contributed by atoms with Crippen LogP contribution in [0.2, 0.25) is 0 Å². The van der Waals surface area contributed by atoms with Crippen LogP contribution >= 0.6 is 0 Å². The molecule has 0 saturated carbocycles. The molecule has 0 amide bonds. The summed E-state index contributed by atoms with van der Waals surface area (Å²) < 4.78 is 11.5. The minimum atomic E-state index is -1.17. The van der Waals surface area contributed by atoms with Crippen LogP contribution in [0.15, 0.2) is 0 Å². The molecular weight excluding hydrogens is 975 g/mol.